The van der Waals surface area contributed by atoms with Crippen LogP contribution in [0.3, 0.4) is 0 Å². The average Bonchev–Trinajstić information content (AvgIpc) is 2.57. The van der Waals surface area contributed by atoms with Crippen molar-refractivity contribution in [3.8, 4) is 5.75 Å². The molecule has 1 atom stereocenters. The molecule has 1 aliphatic rings. The lowest BCUT2D eigenvalue weighted by Gasteiger charge is -2.31. The Hall–Kier alpha value is -1.92. The highest BCUT2D eigenvalue weighted by Gasteiger charge is 2.35. The van der Waals surface area contributed by atoms with Crippen molar-refractivity contribution in [2.45, 2.75) is 26.4 Å². The Morgan fingerprint density at radius 2 is 1.83 bits per heavy atom. The van der Waals surface area contributed by atoms with E-state index in [9.17, 15) is 9.59 Å². The van der Waals surface area contributed by atoms with Gasteiger partial charge in [-0.1, -0.05) is 24.6 Å². The third-order valence-electron chi connectivity index (χ3n) is 3.81. The standard InChI is InChI=1S/C17H19ClN2O3S/c1-5-10(2)23-14-7-6-11(9-13(14)18)8-12-15(21)19(3)17(24)20(4)16(12)22/h6-10H,5H2,1-4H3. The van der Waals surface area contributed by atoms with Gasteiger partial charge in [0.2, 0.25) is 0 Å². The summed E-state index contributed by atoms with van der Waals surface area (Å²) in [6.45, 7) is 3.98. The summed E-state index contributed by atoms with van der Waals surface area (Å²) in [6.07, 6.45) is 2.43. The number of halogens is 1. The van der Waals surface area contributed by atoms with Crippen LogP contribution in [0.15, 0.2) is 23.8 Å². The summed E-state index contributed by atoms with van der Waals surface area (Å²) in [6, 6.07) is 5.15. The molecule has 7 heteroatoms. The second-order valence-electron chi connectivity index (χ2n) is 5.60. The molecule has 0 saturated carbocycles. The highest BCUT2D eigenvalue weighted by molar-refractivity contribution is 7.80. The van der Waals surface area contributed by atoms with Crippen LogP contribution in [0.25, 0.3) is 6.08 Å². The summed E-state index contributed by atoms with van der Waals surface area (Å²) in [5, 5.41) is 0.607. The van der Waals surface area contributed by atoms with Crippen LogP contribution in [-0.4, -0.2) is 46.9 Å². The number of carbonyl (C=O) groups is 2. The maximum atomic E-state index is 12.3. The molecule has 2 rings (SSSR count). The third kappa shape index (κ3) is 3.60. The first kappa shape index (κ1) is 18.4. The first-order chi connectivity index (χ1) is 11.3. The summed E-state index contributed by atoms with van der Waals surface area (Å²) < 4.78 is 5.71. The quantitative estimate of drug-likeness (QED) is 0.466. The number of rotatable bonds is 4. The van der Waals surface area contributed by atoms with Crippen molar-refractivity contribution >= 4 is 46.8 Å². The molecule has 0 spiro atoms. The lowest BCUT2D eigenvalue weighted by molar-refractivity contribution is -0.132. The van der Waals surface area contributed by atoms with Crippen LogP contribution in [0, 0.1) is 0 Å². The van der Waals surface area contributed by atoms with E-state index >= 15 is 0 Å². The Labute approximate surface area is 151 Å². The van der Waals surface area contributed by atoms with Gasteiger partial charge >= 0.3 is 0 Å². The zero-order valence-corrected chi connectivity index (χ0v) is 15.6. The Kier molecular flexibility index (Phi) is 5.62. The van der Waals surface area contributed by atoms with Gasteiger partial charge in [0.05, 0.1) is 11.1 Å². The van der Waals surface area contributed by atoms with Crippen molar-refractivity contribution in [3.63, 3.8) is 0 Å². The Morgan fingerprint density at radius 1 is 1.25 bits per heavy atom. The fourth-order valence-corrected chi connectivity index (χ4v) is 2.54. The third-order valence-corrected chi connectivity index (χ3v) is 4.66. The second kappa shape index (κ2) is 7.32. The number of benzene rings is 1. The number of hydrogen-bond acceptors (Lipinski definition) is 4. The van der Waals surface area contributed by atoms with Gasteiger partial charge in [-0.05, 0) is 49.3 Å². The molecule has 0 bridgehead atoms. The summed E-state index contributed by atoms with van der Waals surface area (Å²) in [5.41, 5.74) is 0.683. The predicted molar refractivity (Wildman–Crippen MR) is 97.9 cm³/mol. The second-order valence-corrected chi connectivity index (χ2v) is 6.37. The van der Waals surface area contributed by atoms with Gasteiger partial charge in [0, 0.05) is 14.1 Å². The van der Waals surface area contributed by atoms with E-state index in [1.165, 1.54) is 30.0 Å². The highest BCUT2D eigenvalue weighted by atomic mass is 35.5. The molecule has 1 heterocycles. The fourth-order valence-electron chi connectivity index (χ4n) is 2.14. The maximum Gasteiger partial charge on any atom is 0.265 e. The van der Waals surface area contributed by atoms with Gasteiger partial charge in [-0.2, -0.15) is 0 Å². The lowest BCUT2D eigenvalue weighted by atomic mass is 10.1. The van der Waals surface area contributed by atoms with Gasteiger partial charge in [-0.15, -0.1) is 0 Å². The average molecular weight is 367 g/mol. The zero-order chi connectivity index (χ0) is 18.0. The van der Waals surface area contributed by atoms with Crippen molar-refractivity contribution in [3.05, 3.63) is 34.4 Å². The fraction of sp³-hybridized carbons (Fsp3) is 0.353. The number of hydrogen-bond donors (Lipinski definition) is 0. The molecule has 1 aliphatic heterocycles. The zero-order valence-electron chi connectivity index (χ0n) is 14.0. The Bertz CT molecular complexity index is 707. The molecule has 0 radical (unpaired) electrons. The van der Waals surface area contributed by atoms with E-state index in [0.29, 0.717) is 16.3 Å². The lowest BCUT2D eigenvalue weighted by Crippen LogP contribution is -2.52. The van der Waals surface area contributed by atoms with Gasteiger partial charge in [0.15, 0.2) is 5.11 Å². The van der Waals surface area contributed by atoms with Crippen LogP contribution >= 0.6 is 23.8 Å². The van der Waals surface area contributed by atoms with Gasteiger partial charge in [-0.25, -0.2) is 0 Å². The number of amides is 2. The Balaban J connectivity index is 2.33. The van der Waals surface area contributed by atoms with Crippen LogP contribution < -0.4 is 4.74 Å². The first-order valence-electron chi connectivity index (χ1n) is 7.54. The molecular weight excluding hydrogens is 348 g/mol. The number of thiocarbonyl (C=S) groups is 1. The van der Waals surface area contributed by atoms with E-state index in [2.05, 4.69) is 0 Å². The van der Waals surface area contributed by atoms with Gasteiger partial charge in [-0.3, -0.25) is 19.4 Å². The van der Waals surface area contributed by atoms with E-state index in [1.807, 2.05) is 13.8 Å². The van der Waals surface area contributed by atoms with E-state index in [-0.39, 0.29) is 16.8 Å². The number of ether oxygens (including phenoxy) is 1. The van der Waals surface area contributed by atoms with Crippen molar-refractivity contribution in [1.29, 1.82) is 0 Å². The number of nitrogens with zero attached hydrogens (tertiary/aromatic N) is 2. The van der Waals surface area contributed by atoms with Crippen LogP contribution in [0.1, 0.15) is 25.8 Å². The van der Waals surface area contributed by atoms with E-state index in [4.69, 9.17) is 28.6 Å². The van der Waals surface area contributed by atoms with Crippen LogP contribution in [-0.2, 0) is 9.59 Å². The van der Waals surface area contributed by atoms with Crippen LogP contribution in [0.5, 0.6) is 5.75 Å². The molecule has 1 saturated heterocycles. The molecule has 0 aliphatic carbocycles. The molecule has 0 aromatic heterocycles. The van der Waals surface area contributed by atoms with Crippen molar-refractivity contribution < 1.29 is 14.3 Å². The molecule has 1 aromatic rings. The smallest absolute Gasteiger partial charge is 0.265 e. The first-order valence-corrected chi connectivity index (χ1v) is 8.32. The van der Waals surface area contributed by atoms with Crippen molar-refractivity contribution in [2.75, 3.05) is 14.1 Å². The topological polar surface area (TPSA) is 49.9 Å². The molecule has 0 N–H and O–H groups in total. The monoisotopic (exact) mass is 366 g/mol. The molecule has 2 amide bonds. The van der Waals surface area contributed by atoms with E-state index in [1.54, 1.807) is 18.2 Å². The minimum Gasteiger partial charge on any atom is -0.489 e. The van der Waals surface area contributed by atoms with E-state index in [0.717, 1.165) is 6.42 Å². The van der Waals surface area contributed by atoms with Crippen LogP contribution in [0.2, 0.25) is 5.02 Å². The maximum absolute atomic E-state index is 12.3. The van der Waals surface area contributed by atoms with Crippen molar-refractivity contribution in [2.24, 2.45) is 0 Å². The highest BCUT2D eigenvalue weighted by Crippen LogP contribution is 2.28. The Morgan fingerprint density at radius 3 is 2.33 bits per heavy atom. The summed E-state index contributed by atoms with van der Waals surface area (Å²) >= 11 is 11.3. The van der Waals surface area contributed by atoms with Gasteiger partial charge in [0.1, 0.15) is 11.3 Å². The minimum absolute atomic E-state index is 0.0419. The SMILES string of the molecule is CCC(C)Oc1ccc(C=C2C(=O)N(C)C(=S)N(C)C2=O)cc1Cl. The normalized spacial score (nSPS) is 16.5. The summed E-state index contributed by atoms with van der Waals surface area (Å²) in [4.78, 5) is 27.1. The van der Waals surface area contributed by atoms with Crippen molar-refractivity contribution in [1.82, 2.24) is 9.80 Å². The van der Waals surface area contributed by atoms with Gasteiger partial charge in [0.25, 0.3) is 11.8 Å². The molecule has 1 aromatic carbocycles. The molecule has 5 nitrogen and oxygen atoms in total. The van der Waals surface area contributed by atoms with Crippen LogP contribution in [0.4, 0.5) is 0 Å². The summed E-state index contributed by atoms with van der Waals surface area (Å²) in [5.74, 6) is -0.289. The number of likely N-dealkylation sites (N-methyl/N-ethyl adjacent to an activating group) is 2. The molecule has 128 valence electrons. The predicted octanol–water partition coefficient (Wildman–Crippen LogP) is 3.12. The minimum atomic E-state index is -0.431. The number of carbonyl (C=O) groups excluding carboxylic acids is 2. The van der Waals surface area contributed by atoms with Gasteiger partial charge < -0.3 is 4.74 Å². The molecule has 1 fully saturated rings. The molecular formula is C17H19ClN2O3S. The van der Waals surface area contributed by atoms with E-state index < -0.39 is 11.8 Å². The molecule has 1 unspecified atom stereocenters. The molecule has 24 heavy (non-hydrogen) atoms. The summed E-state index contributed by atoms with van der Waals surface area (Å²) in [7, 11) is 3.08. The largest absolute Gasteiger partial charge is 0.489 e.